The van der Waals surface area contributed by atoms with Crippen molar-refractivity contribution < 1.29 is 19.5 Å². The highest BCUT2D eigenvalue weighted by Gasteiger charge is 2.10. The number of hydrogen-bond acceptors (Lipinski definition) is 3. The number of carbonyl (C=O) groups is 3. The summed E-state index contributed by atoms with van der Waals surface area (Å²) in [5, 5.41) is 8.65. The number of carboxylic acids is 1. The van der Waals surface area contributed by atoms with Crippen LogP contribution in [0.4, 0.5) is 0 Å². The van der Waals surface area contributed by atoms with Gasteiger partial charge in [-0.25, -0.2) is 4.79 Å². The fourth-order valence-electron chi connectivity index (χ4n) is 1.73. The summed E-state index contributed by atoms with van der Waals surface area (Å²) in [5.74, 6) is -1.07. The molecular weight excluding hydrogens is 232 g/mol. The monoisotopic (exact) mass is 254 g/mol. The predicted molar refractivity (Wildman–Crippen MR) is 69.3 cm³/mol. The summed E-state index contributed by atoms with van der Waals surface area (Å²) >= 11 is 0. The second kappa shape index (κ2) is 10.7. The van der Waals surface area contributed by atoms with Crippen LogP contribution in [0.5, 0.6) is 0 Å². The van der Waals surface area contributed by atoms with E-state index in [0.717, 1.165) is 44.7 Å². The molecule has 0 amide bonds. The van der Waals surface area contributed by atoms with Gasteiger partial charge in [0.05, 0.1) is 0 Å². The predicted octanol–water partition coefficient (Wildman–Crippen LogP) is 2.76. The first-order valence-electron chi connectivity index (χ1n) is 6.41. The molecule has 0 radical (unpaired) electrons. The number of unbranched alkanes of at least 4 members (excludes halogenated alkanes) is 4. The Bertz CT molecular complexity index is 284. The molecule has 1 atom stereocenters. The highest BCUT2D eigenvalue weighted by atomic mass is 16.4. The van der Waals surface area contributed by atoms with E-state index >= 15 is 0 Å². The Balaban J connectivity index is 3.64. The summed E-state index contributed by atoms with van der Waals surface area (Å²) in [5.41, 5.74) is 0.160. The van der Waals surface area contributed by atoms with Gasteiger partial charge in [0.15, 0.2) is 0 Å². The van der Waals surface area contributed by atoms with Gasteiger partial charge >= 0.3 is 5.97 Å². The quantitative estimate of drug-likeness (QED) is 0.330. The van der Waals surface area contributed by atoms with E-state index < -0.39 is 5.97 Å². The summed E-state index contributed by atoms with van der Waals surface area (Å²) in [6, 6.07) is 0. The molecule has 0 aromatic heterocycles. The summed E-state index contributed by atoms with van der Waals surface area (Å²) < 4.78 is 0. The summed E-state index contributed by atoms with van der Waals surface area (Å²) in [6.45, 7) is 3.44. The van der Waals surface area contributed by atoms with Crippen LogP contribution in [0.15, 0.2) is 12.2 Å². The van der Waals surface area contributed by atoms with E-state index in [1.54, 1.807) is 0 Å². The molecule has 18 heavy (non-hydrogen) atoms. The molecule has 102 valence electrons. The fraction of sp³-hybridized carbons (Fsp3) is 0.643. The standard InChI is InChI=1S/C14H22O4/c1-12(14(17)18)8-9-13(11-16)7-5-3-2-4-6-10-15/h10-11,13H,1-9H2,(H,17,18). The van der Waals surface area contributed by atoms with Gasteiger partial charge in [0.1, 0.15) is 12.6 Å². The topological polar surface area (TPSA) is 71.4 Å². The Morgan fingerprint density at radius 2 is 1.78 bits per heavy atom. The Hall–Kier alpha value is -1.45. The highest BCUT2D eigenvalue weighted by Crippen LogP contribution is 2.17. The van der Waals surface area contributed by atoms with Crippen molar-refractivity contribution in [2.24, 2.45) is 5.92 Å². The highest BCUT2D eigenvalue weighted by molar-refractivity contribution is 5.85. The van der Waals surface area contributed by atoms with Crippen molar-refractivity contribution >= 4 is 18.5 Å². The minimum atomic E-state index is -0.992. The van der Waals surface area contributed by atoms with Crippen molar-refractivity contribution in [3.05, 3.63) is 12.2 Å². The lowest BCUT2D eigenvalue weighted by molar-refractivity contribution is -0.132. The van der Waals surface area contributed by atoms with Gasteiger partial charge in [-0.3, -0.25) is 0 Å². The summed E-state index contributed by atoms with van der Waals surface area (Å²) in [4.78, 5) is 31.5. The van der Waals surface area contributed by atoms with Gasteiger partial charge in [0, 0.05) is 17.9 Å². The van der Waals surface area contributed by atoms with Crippen molar-refractivity contribution in [2.45, 2.75) is 51.4 Å². The molecule has 4 nitrogen and oxygen atoms in total. The van der Waals surface area contributed by atoms with Crippen molar-refractivity contribution in [3.63, 3.8) is 0 Å². The average molecular weight is 254 g/mol. The maximum Gasteiger partial charge on any atom is 0.330 e. The van der Waals surface area contributed by atoms with E-state index in [1.807, 2.05) is 0 Å². The molecule has 4 heteroatoms. The lowest BCUT2D eigenvalue weighted by Gasteiger charge is -2.09. The normalized spacial score (nSPS) is 11.8. The lowest BCUT2D eigenvalue weighted by atomic mass is 9.95. The maximum atomic E-state index is 10.8. The zero-order valence-electron chi connectivity index (χ0n) is 10.8. The minimum absolute atomic E-state index is 0.0767. The Kier molecular flexibility index (Phi) is 9.83. The molecule has 1 N–H and O–H groups in total. The number of carbonyl (C=O) groups excluding carboxylic acids is 2. The number of aliphatic carboxylic acids is 1. The van der Waals surface area contributed by atoms with Gasteiger partial charge in [-0.15, -0.1) is 0 Å². The molecule has 0 saturated heterocycles. The number of hydrogen-bond donors (Lipinski definition) is 1. The molecule has 0 aromatic rings. The molecule has 0 bridgehead atoms. The van der Waals surface area contributed by atoms with E-state index in [1.165, 1.54) is 0 Å². The van der Waals surface area contributed by atoms with Crippen molar-refractivity contribution in [1.29, 1.82) is 0 Å². The van der Waals surface area contributed by atoms with Gasteiger partial charge in [0.2, 0.25) is 0 Å². The molecule has 0 fully saturated rings. The van der Waals surface area contributed by atoms with Crippen molar-refractivity contribution in [2.75, 3.05) is 0 Å². The first kappa shape index (κ1) is 16.6. The first-order valence-corrected chi connectivity index (χ1v) is 6.41. The molecule has 0 saturated carbocycles. The molecule has 0 heterocycles. The second-order valence-corrected chi connectivity index (χ2v) is 4.50. The molecule has 0 aromatic carbocycles. The molecule has 0 spiro atoms. The van der Waals surface area contributed by atoms with E-state index in [2.05, 4.69) is 6.58 Å². The maximum absolute atomic E-state index is 10.8. The van der Waals surface area contributed by atoms with Crippen LogP contribution in [0.25, 0.3) is 0 Å². The lowest BCUT2D eigenvalue weighted by Crippen LogP contribution is -2.06. The van der Waals surface area contributed by atoms with Crippen LogP contribution in [-0.4, -0.2) is 23.6 Å². The Labute approximate surface area is 108 Å². The molecule has 0 aliphatic carbocycles. The molecule has 0 rings (SSSR count). The SMILES string of the molecule is C=C(CCC(C=O)CCCCCCC=O)C(=O)O. The van der Waals surface area contributed by atoms with Crippen LogP contribution in [0.2, 0.25) is 0 Å². The van der Waals surface area contributed by atoms with E-state index in [0.29, 0.717) is 19.3 Å². The third kappa shape index (κ3) is 8.67. The number of carboxylic acid groups (broad SMARTS) is 1. The molecule has 0 aliphatic rings. The van der Waals surface area contributed by atoms with Gasteiger partial charge < -0.3 is 14.7 Å². The van der Waals surface area contributed by atoms with Crippen LogP contribution in [0, 0.1) is 5.92 Å². The average Bonchev–Trinajstić information content (AvgIpc) is 2.36. The number of aldehydes is 2. The van der Waals surface area contributed by atoms with Crippen molar-refractivity contribution in [1.82, 2.24) is 0 Å². The molecular formula is C14H22O4. The van der Waals surface area contributed by atoms with Crippen LogP contribution in [-0.2, 0) is 14.4 Å². The largest absolute Gasteiger partial charge is 0.478 e. The van der Waals surface area contributed by atoms with E-state index in [4.69, 9.17) is 5.11 Å². The third-order valence-electron chi connectivity index (χ3n) is 2.96. The van der Waals surface area contributed by atoms with E-state index in [-0.39, 0.29) is 11.5 Å². The van der Waals surface area contributed by atoms with Crippen molar-refractivity contribution in [3.8, 4) is 0 Å². The smallest absolute Gasteiger partial charge is 0.330 e. The zero-order valence-corrected chi connectivity index (χ0v) is 10.8. The van der Waals surface area contributed by atoms with Gasteiger partial charge in [-0.1, -0.05) is 25.8 Å². The Morgan fingerprint density at radius 3 is 2.33 bits per heavy atom. The third-order valence-corrected chi connectivity index (χ3v) is 2.96. The van der Waals surface area contributed by atoms with Gasteiger partial charge in [-0.2, -0.15) is 0 Å². The molecule has 0 aliphatic heterocycles. The summed E-state index contributed by atoms with van der Waals surface area (Å²) in [6.07, 6.45) is 8.02. The fourth-order valence-corrected chi connectivity index (χ4v) is 1.73. The van der Waals surface area contributed by atoms with Gasteiger partial charge in [0.25, 0.3) is 0 Å². The van der Waals surface area contributed by atoms with Gasteiger partial charge in [-0.05, 0) is 25.7 Å². The van der Waals surface area contributed by atoms with Crippen LogP contribution in [0.3, 0.4) is 0 Å². The minimum Gasteiger partial charge on any atom is -0.478 e. The zero-order chi connectivity index (χ0) is 13.8. The first-order chi connectivity index (χ1) is 8.61. The van der Waals surface area contributed by atoms with E-state index in [9.17, 15) is 14.4 Å². The number of rotatable bonds is 12. The van der Waals surface area contributed by atoms with Crippen LogP contribution < -0.4 is 0 Å². The Morgan fingerprint density at radius 1 is 1.11 bits per heavy atom. The molecule has 1 unspecified atom stereocenters. The van der Waals surface area contributed by atoms with Crippen LogP contribution in [0.1, 0.15) is 51.4 Å². The second-order valence-electron chi connectivity index (χ2n) is 4.50. The van der Waals surface area contributed by atoms with Crippen LogP contribution >= 0.6 is 0 Å². The summed E-state index contributed by atoms with van der Waals surface area (Å²) in [7, 11) is 0.